The number of hydrogen-bond acceptors (Lipinski definition) is 6. The first-order chi connectivity index (χ1) is 13.3. The van der Waals surface area contributed by atoms with Gasteiger partial charge in [-0.15, -0.1) is 0 Å². The van der Waals surface area contributed by atoms with Crippen LogP contribution >= 0.6 is 0 Å². The molecule has 150 valence electrons. The van der Waals surface area contributed by atoms with Crippen molar-refractivity contribution in [1.29, 1.82) is 0 Å². The summed E-state index contributed by atoms with van der Waals surface area (Å²) >= 11 is 0. The number of amides is 1. The molecule has 0 spiro atoms. The Hall–Kier alpha value is -2.79. The van der Waals surface area contributed by atoms with Gasteiger partial charge in [-0.25, -0.2) is 8.42 Å². The third kappa shape index (κ3) is 4.54. The standard InChI is InChI=1S/C17H21N5O5S/c1-13-3-2-8-21(10-13)28(26,27)16-6-4-14(5-7-16)19-17(23)12-20-11-15(9-18-20)22(24)25/h4-7,9,11,13H,2-3,8,10,12H2,1H3,(H,19,23). The Kier molecular flexibility index (Phi) is 5.75. The molecule has 1 fully saturated rings. The van der Waals surface area contributed by atoms with Crippen molar-refractivity contribution in [3.8, 4) is 0 Å². The Bertz CT molecular complexity index is 970. The largest absolute Gasteiger partial charge is 0.324 e. The Labute approximate surface area is 162 Å². The molecule has 28 heavy (non-hydrogen) atoms. The van der Waals surface area contributed by atoms with Gasteiger partial charge in [0.15, 0.2) is 0 Å². The molecular formula is C17H21N5O5S. The van der Waals surface area contributed by atoms with Gasteiger partial charge in [-0.1, -0.05) is 6.92 Å². The summed E-state index contributed by atoms with van der Waals surface area (Å²) < 4.78 is 28.1. The van der Waals surface area contributed by atoms with Crippen LogP contribution in [0, 0.1) is 16.0 Å². The van der Waals surface area contributed by atoms with Crippen molar-refractivity contribution >= 4 is 27.3 Å². The fraction of sp³-hybridized carbons (Fsp3) is 0.412. The smallest absolute Gasteiger partial charge is 0.307 e. The Balaban J connectivity index is 1.63. The SMILES string of the molecule is CC1CCCN(S(=O)(=O)c2ccc(NC(=O)Cn3cc([N+](=O)[O-])cn3)cc2)C1. The normalized spacial score (nSPS) is 18.0. The third-order valence-corrected chi connectivity index (χ3v) is 6.41. The highest BCUT2D eigenvalue weighted by Gasteiger charge is 2.28. The number of nitro groups is 1. The summed E-state index contributed by atoms with van der Waals surface area (Å²) in [5.41, 5.74) is 0.229. The number of piperidine rings is 1. The van der Waals surface area contributed by atoms with Crippen LogP contribution in [0.5, 0.6) is 0 Å². The lowest BCUT2D eigenvalue weighted by molar-refractivity contribution is -0.385. The number of rotatable bonds is 6. The molecular weight excluding hydrogens is 386 g/mol. The highest BCUT2D eigenvalue weighted by Crippen LogP contribution is 2.24. The summed E-state index contributed by atoms with van der Waals surface area (Å²) in [6, 6.07) is 5.96. The van der Waals surface area contributed by atoms with Crippen molar-refractivity contribution in [2.75, 3.05) is 18.4 Å². The Morgan fingerprint density at radius 2 is 2.07 bits per heavy atom. The highest BCUT2D eigenvalue weighted by molar-refractivity contribution is 7.89. The van der Waals surface area contributed by atoms with Crippen LogP contribution in [0.1, 0.15) is 19.8 Å². The minimum atomic E-state index is -3.55. The summed E-state index contributed by atoms with van der Waals surface area (Å²) in [5, 5.41) is 17.0. The van der Waals surface area contributed by atoms with Crippen molar-refractivity contribution < 1.29 is 18.1 Å². The number of sulfonamides is 1. The molecule has 0 radical (unpaired) electrons. The molecule has 1 aliphatic rings. The fourth-order valence-electron chi connectivity index (χ4n) is 3.10. The van der Waals surface area contributed by atoms with E-state index < -0.39 is 20.9 Å². The first-order valence-electron chi connectivity index (χ1n) is 8.82. The molecule has 1 aromatic carbocycles. The number of aromatic nitrogens is 2. The zero-order valence-corrected chi connectivity index (χ0v) is 16.1. The quantitative estimate of drug-likeness (QED) is 0.575. The maximum absolute atomic E-state index is 12.7. The second-order valence-corrected chi connectivity index (χ2v) is 8.77. The van der Waals surface area contributed by atoms with Gasteiger partial charge in [0.25, 0.3) is 0 Å². The van der Waals surface area contributed by atoms with Crippen LogP contribution in [0.3, 0.4) is 0 Å². The molecule has 1 atom stereocenters. The van der Waals surface area contributed by atoms with Crippen molar-refractivity contribution in [3.63, 3.8) is 0 Å². The molecule has 1 amide bonds. The van der Waals surface area contributed by atoms with E-state index in [0.29, 0.717) is 24.7 Å². The van der Waals surface area contributed by atoms with Crippen LogP contribution in [-0.2, 0) is 21.4 Å². The average molecular weight is 407 g/mol. The predicted octanol–water partition coefficient (Wildman–Crippen LogP) is 1.85. The molecule has 1 unspecified atom stereocenters. The Morgan fingerprint density at radius 1 is 1.36 bits per heavy atom. The molecule has 1 N–H and O–H groups in total. The van der Waals surface area contributed by atoms with E-state index in [1.165, 1.54) is 28.6 Å². The van der Waals surface area contributed by atoms with Crippen LogP contribution in [0.4, 0.5) is 11.4 Å². The lowest BCUT2D eigenvalue weighted by Gasteiger charge is -2.30. The van der Waals surface area contributed by atoms with Crippen molar-refractivity contribution in [3.05, 3.63) is 46.8 Å². The zero-order valence-electron chi connectivity index (χ0n) is 15.3. The van der Waals surface area contributed by atoms with Crippen LogP contribution in [-0.4, -0.2) is 46.4 Å². The zero-order chi connectivity index (χ0) is 20.3. The van der Waals surface area contributed by atoms with Gasteiger partial charge in [0, 0.05) is 18.8 Å². The van der Waals surface area contributed by atoms with E-state index in [-0.39, 0.29) is 17.1 Å². The summed E-state index contributed by atoms with van der Waals surface area (Å²) in [6.07, 6.45) is 4.10. The first kappa shape index (κ1) is 20.0. The summed E-state index contributed by atoms with van der Waals surface area (Å²) in [4.78, 5) is 22.3. The molecule has 1 aliphatic heterocycles. The highest BCUT2D eigenvalue weighted by atomic mass is 32.2. The van der Waals surface area contributed by atoms with Gasteiger partial charge in [-0.2, -0.15) is 9.40 Å². The lowest BCUT2D eigenvalue weighted by atomic mass is 10.0. The molecule has 2 aromatic rings. The summed E-state index contributed by atoms with van der Waals surface area (Å²) in [5.74, 6) is -0.0985. The number of nitrogens with one attached hydrogen (secondary N) is 1. The van der Waals surface area contributed by atoms with E-state index in [1.807, 2.05) is 6.92 Å². The van der Waals surface area contributed by atoms with Crippen LogP contribution in [0.2, 0.25) is 0 Å². The minimum Gasteiger partial charge on any atom is -0.324 e. The van der Waals surface area contributed by atoms with Gasteiger partial charge in [0.05, 0.1) is 9.82 Å². The van der Waals surface area contributed by atoms with E-state index in [1.54, 1.807) is 0 Å². The lowest BCUT2D eigenvalue weighted by Crippen LogP contribution is -2.39. The van der Waals surface area contributed by atoms with Crippen LogP contribution in [0.25, 0.3) is 0 Å². The molecule has 1 saturated heterocycles. The van der Waals surface area contributed by atoms with Crippen LogP contribution < -0.4 is 5.32 Å². The van der Waals surface area contributed by atoms with Gasteiger partial charge < -0.3 is 5.32 Å². The predicted molar refractivity (Wildman–Crippen MR) is 101 cm³/mol. The van der Waals surface area contributed by atoms with E-state index in [9.17, 15) is 23.3 Å². The van der Waals surface area contributed by atoms with E-state index >= 15 is 0 Å². The van der Waals surface area contributed by atoms with E-state index in [2.05, 4.69) is 10.4 Å². The number of benzene rings is 1. The van der Waals surface area contributed by atoms with Gasteiger partial charge >= 0.3 is 5.69 Å². The van der Waals surface area contributed by atoms with Crippen LogP contribution in [0.15, 0.2) is 41.6 Å². The third-order valence-electron chi connectivity index (χ3n) is 4.53. The molecule has 0 aliphatic carbocycles. The second-order valence-electron chi connectivity index (χ2n) is 6.84. The van der Waals surface area contributed by atoms with Gasteiger partial charge in [0.2, 0.25) is 15.9 Å². The number of carbonyl (C=O) groups is 1. The molecule has 1 aromatic heterocycles. The monoisotopic (exact) mass is 407 g/mol. The molecule has 11 heteroatoms. The van der Waals surface area contributed by atoms with E-state index in [4.69, 9.17) is 0 Å². The molecule has 0 saturated carbocycles. The molecule has 2 heterocycles. The van der Waals surface area contributed by atoms with Gasteiger partial charge in [0.1, 0.15) is 18.9 Å². The van der Waals surface area contributed by atoms with E-state index in [0.717, 1.165) is 29.9 Å². The van der Waals surface area contributed by atoms with Gasteiger partial charge in [-0.3, -0.25) is 19.6 Å². The maximum Gasteiger partial charge on any atom is 0.307 e. The van der Waals surface area contributed by atoms with Crippen molar-refractivity contribution in [2.24, 2.45) is 5.92 Å². The number of nitrogens with zero attached hydrogens (tertiary/aromatic N) is 4. The minimum absolute atomic E-state index is 0.183. The first-order valence-corrected chi connectivity index (χ1v) is 10.3. The topological polar surface area (TPSA) is 127 Å². The molecule has 3 rings (SSSR count). The van der Waals surface area contributed by atoms with Gasteiger partial charge in [-0.05, 0) is 43.0 Å². The Morgan fingerprint density at radius 3 is 2.68 bits per heavy atom. The molecule has 0 bridgehead atoms. The number of hydrogen-bond donors (Lipinski definition) is 1. The number of anilines is 1. The van der Waals surface area contributed by atoms with Crippen molar-refractivity contribution in [1.82, 2.24) is 14.1 Å². The fourth-order valence-corrected chi connectivity index (χ4v) is 4.70. The summed E-state index contributed by atoms with van der Waals surface area (Å²) in [7, 11) is -3.55. The second kappa shape index (κ2) is 8.07. The maximum atomic E-state index is 12.7. The van der Waals surface area contributed by atoms with Crippen molar-refractivity contribution in [2.45, 2.75) is 31.2 Å². The molecule has 10 nitrogen and oxygen atoms in total. The number of carbonyl (C=O) groups excluding carboxylic acids is 1. The summed E-state index contributed by atoms with van der Waals surface area (Å²) in [6.45, 7) is 2.87. The average Bonchev–Trinajstić information content (AvgIpc) is 3.11.